The fourth-order valence-corrected chi connectivity index (χ4v) is 0.604. The Morgan fingerprint density at radius 2 is 0.933 bits per heavy atom. The second-order valence-corrected chi connectivity index (χ2v) is 2.12. The highest BCUT2D eigenvalue weighted by molar-refractivity contribution is 6.13. The molecule has 0 atom stereocenters. The lowest BCUT2D eigenvalue weighted by Crippen LogP contribution is -1.78. The van der Waals surface area contributed by atoms with E-state index < -0.39 is 0 Å². The molecule has 0 spiro atoms. The maximum Gasteiger partial charge on any atom is 0.482 e. The first-order valence-corrected chi connectivity index (χ1v) is 4.15. The minimum absolute atomic E-state index is 0. The summed E-state index contributed by atoms with van der Waals surface area (Å²) in [5.41, 5.74) is 0. The van der Waals surface area contributed by atoms with Crippen molar-refractivity contribution >= 4 is 7.69 Å². The Bertz CT molecular complexity index is 223. The van der Waals surface area contributed by atoms with Crippen molar-refractivity contribution in [2.24, 2.45) is 0 Å². The van der Waals surface area contributed by atoms with E-state index in [1.54, 1.807) is 12.2 Å². The van der Waals surface area contributed by atoms with E-state index in [9.17, 15) is 0 Å². The zero-order valence-electron chi connectivity index (χ0n) is 8.06. The molecule has 0 saturated heterocycles. The zero-order chi connectivity index (χ0) is 11.2. The summed E-state index contributed by atoms with van der Waals surface area (Å²) in [4.78, 5) is 8.60. The quantitative estimate of drug-likeness (QED) is 0.495. The topological polar surface area (TPSA) is 58.9 Å². The first-order valence-electron chi connectivity index (χ1n) is 4.15. The summed E-state index contributed by atoms with van der Waals surface area (Å²) in [6.45, 7) is 0. The Labute approximate surface area is 89.3 Å². The monoisotopic (exact) mass is 207 g/mol. The summed E-state index contributed by atoms with van der Waals surface area (Å²) in [7, 11) is 0. The summed E-state index contributed by atoms with van der Waals surface area (Å²) >= 11 is 0. The predicted octanol–water partition coefficient (Wildman–Crippen LogP) is 1.17. The van der Waals surface area contributed by atoms with Crippen molar-refractivity contribution in [2.75, 3.05) is 0 Å². The van der Waals surface area contributed by atoms with Crippen LogP contribution in [0.1, 0.15) is 0 Å². The molecule has 0 aromatic heterocycles. The number of hydrogen-bond donors (Lipinski definition) is 2. The van der Waals surface area contributed by atoms with E-state index >= 15 is 0 Å². The van der Waals surface area contributed by atoms with Gasteiger partial charge in [0, 0.05) is 0 Å². The van der Waals surface area contributed by atoms with E-state index in [4.69, 9.17) is 10.0 Å². The van der Waals surface area contributed by atoms with Crippen LogP contribution in [-0.4, -0.2) is 17.7 Å². The van der Waals surface area contributed by atoms with E-state index in [1.807, 2.05) is 36.4 Å². The van der Waals surface area contributed by atoms with E-state index in [2.05, 4.69) is 9.78 Å². The van der Waals surface area contributed by atoms with Crippen molar-refractivity contribution in [1.82, 2.24) is 0 Å². The van der Waals surface area contributed by atoms with Gasteiger partial charge in [-0.05, 0) is 12.2 Å². The van der Waals surface area contributed by atoms with Crippen molar-refractivity contribution in [3.8, 4) is 0 Å². The Morgan fingerprint density at radius 1 is 0.667 bits per heavy atom. The van der Waals surface area contributed by atoms with E-state index in [0.717, 1.165) is 0 Å². The van der Waals surface area contributed by atoms with Gasteiger partial charge in [-0.1, -0.05) is 36.4 Å². The van der Waals surface area contributed by atoms with Gasteiger partial charge in [-0.3, -0.25) is 9.78 Å². The van der Waals surface area contributed by atoms with Gasteiger partial charge in [0.05, 0.1) is 0 Å². The Balaban J connectivity index is 0.000000210. The molecule has 79 valence electrons. The van der Waals surface area contributed by atoms with Crippen molar-refractivity contribution < 1.29 is 19.8 Å². The van der Waals surface area contributed by atoms with Crippen LogP contribution in [0, 0.1) is 0 Å². The first kappa shape index (κ1) is 13.3. The largest absolute Gasteiger partial charge is 0.482 e. The molecule has 2 N–H and O–H groups in total. The lowest BCUT2D eigenvalue weighted by molar-refractivity contribution is -0.198. The number of benzene rings is 1. The van der Waals surface area contributed by atoms with Gasteiger partial charge in [0.2, 0.25) is 0 Å². The summed E-state index contributed by atoms with van der Waals surface area (Å²) in [6.07, 6.45) is 6.40. The molecule has 0 fully saturated rings. The standard InChI is InChI=1S/C6H6.C4H4O2.BH2O2/c2*1-2-4-6-5-3-1;2-1-3/h1-6H;1-4H;2-3H. The maximum absolute atomic E-state index is 7.00. The van der Waals surface area contributed by atoms with Crippen LogP contribution in [0.3, 0.4) is 0 Å². The van der Waals surface area contributed by atoms with Crippen LogP contribution in [-0.2, 0) is 9.78 Å². The van der Waals surface area contributed by atoms with Gasteiger partial charge in [-0.25, -0.2) is 0 Å². The maximum atomic E-state index is 7.00. The van der Waals surface area contributed by atoms with Gasteiger partial charge in [-0.15, -0.1) is 0 Å². The molecule has 1 aliphatic heterocycles. The highest BCUT2D eigenvalue weighted by atomic mass is 17.2. The van der Waals surface area contributed by atoms with E-state index in [1.165, 1.54) is 12.5 Å². The minimum atomic E-state index is 0. The average molecular weight is 207 g/mol. The van der Waals surface area contributed by atoms with Gasteiger partial charge in [0.15, 0.2) is 0 Å². The summed E-state index contributed by atoms with van der Waals surface area (Å²) < 4.78 is 0. The van der Waals surface area contributed by atoms with Crippen LogP contribution in [0.2, 0.25) is 0 Å². The van der Waals surface area contributed by atoms with Crippen LogP contribution < -0.4 is 0 Å². The molecule has 1 heterocycles. The van der Waals surface area contributed by atoms with Crippen molar-refractivity contribution in [3.05, 3.63) is 61.1 Å². The molecular formula is C10H12BO4. The summed E-state index contributed by atoms with van der Waals surface area (Å²) in [5, 5.41) is 14.0. The third-order valence-corrected chi connectivity index (χ3v) is 1.10. The predicted molar refractivity (Wildman–Crippen MR) is 57.1 cm³/mol. The molecule has 0 bridgehead atoms. The highest BCUT2D eigenvalue weighted by Crippen LogP contribution is 1.89. The summed E-state index contributed by atoms with van der Waals surface area (Å²) in [6, 6.07) is 12.0. The first-order chi connectivity index (χ1) is 7.41. The van der Waals surface area contributed by atoms with Gasteiger partial charge >= 0.3 is 7.69 Å². The van der Waals surface area contributed by atoms with Gasteiger partial charge < -0.3 is 10.0 Å². The molecule has 4 nitrogen and oxygen atoms in total. The molecule has 0 aliphatic carbocycles. The van der Waals surface area contributed by atoms with Gasteiger partial charge in [-0.2, -0.15) is 0 Å². The molecule has 5 heteroatoms. The fourth-order valence-electron chi connectivity index (χ4n) is 0.604. The molecule has 0 unspecified atom stereocenters. The number of hydrogen-bond acceptors (Lipinski definition) is 4. The van der Waals surface area contributed by atoms with Crippen LogP contribution in [0.25, 0.3) is 0 Å². The minimum Gasteiger partial charge on any atom is -0.429 e. The smallest absolute Gasteiger partial charge is 0.429 e. The zero-order valence-corrected chi connectivity index (χ0v) is 8.06. The molecule has 0 saturated carbocycles. The molecule has 1 aromatic carbocycles. The Morgan fingerprint density at radius 3 is 1.07 bits per heavy atom. The van der Waals surface area contributed by atoms with Crippen LogP contribution in [0.4, 0.5) is 0 Å². The second kappa shape index (κ2) is 12.3. The van der Waals surface area contributed by atoms with Crippen LogP contribution in [0.15, 0.2) is 61.1 Å². The molecule has 1 aliphatic rings. The third kappa shape index (κ3) is 12.3. The van der Waals surface area contributed by atoms with Crippen molar-refractivity contribution in [1.29, 1.82) is 0 Å². The molecule has 2 rings (SSSR count). The normalized spacial score (nSPS) is 10.5. The third-order valence-electron chi connectivity index (χ3n) is 1.10. The highest BCUT2D eigenvalue weighted by Gasteiger charge is 1.75. The van der Waals surface area contributed by atoms with E-state index in [-0.39, 0.29) is 7.69 Å². The lowest BCUT2D eigenvalue weighted by atomic mass is 10.4. The summed E-state index contributed by atoms with van der Waals surface area (Å²) in [5.74, 6) is 0. The molecular weight excluding hydrogens is 195 g/mol. The molecule has 15 heavy (non-hydrogen) atoms. The van der Waals surface area contributed by atoms with E-state index in [0.29, 0.717) is 0 Å². The molecule has 1 aromatic rings. The Hall–Kier alpha value is -1.72. The molecule has 1 radical (unpaired) electrons. The van der Waals surface area contributed by atoms with Gasteiger partial charge in [0.25, 0.3) is 0 Å². The van der Waals surface area contributed by atoms with Gasteiger partial charge in [0.1, 0.15) is 12.5 Å². The SMILES string of the molecule is C1=COOC=C1.O[B]O.c1ccccc1. The lowest BCUT2D eigenvalue weighted by Gasteiger charge is -1.94. The van der Waals surface area contributed by atoms with Crippen molar-refractivity contribution in [3.63, 3.8) is 0 Å². The second-order valence-electron chi connectivity index (χ2n) is 2.12. The average Bonchev–Trinajstić information content (AvgIpc) is 2.35. The number of rotatable bonds is 0. The fraction of sp³-hybridized carbons (Fsp3) is 0. The number of allylic oxidation sites excluding steroid dienone is 2. The molecule has 0 amide bonds. The van der Waals surface area contributed by atoms with Crippen LogP contribution >= 0.6 is 0 Å². The van der Waals surface area contributed by atoms with Crippen LogP contribution in [0.5, 0.6) is 0 Å². The van der Waals surface area contributed by atoms with Crippen molar-refractivity contribution in [2.45, 2.75) is 0 Å². The Kier molecular flexibility index (Phi) is 10.9.